The lowest BCUT2D eigenvalue weighted by molar-refractivity contribution is -0.124. The summed E-state index contributed by atoms with van der Waals surface area (Å²) >= 11 is 0. The van der Waals surface area contributed by atoms with Crippen molar-refractivity contribution >= 4 is 5.91 Å². The molecule has 0 radical (unpaired) electrons. The van der Waals surface area contributed by atoms with Crippen LogP contribution in [-0.4, -0.2) is 43.5 Å². The van der Waals surface area contributed by atoms with Gasteiger partial charge in [-0.3, -0.25) is 4.79 Å². The van der Waals surface area contributed by atoms with E-state index in [0.29, 0.717) is 26.1 Å². The van der Waals surface area contributed by atoms with Gasteiger partial charge < -0.3 is 19.9 Å². The van der Waals surface area contributed by atoms with Crippen LogP contribution in [0.3, 0.4) is 0 Å². The van der Waals surface area contributed by atoms with Crippen molar-refractivity contribution in [2.45, 2.75) is 31.7 Å². The zero-order chi connectivity index (χ0) is 15.3. The first-order chi connectivity index (χ1) is 10.1. The number of hydrogen-bond donors (Lipinski definition) is 2. The molecular formula is C16H23NO4. The largest absolute Gasteiger partial charge is 0.496 e. The van der Waals surface area contributed by atoms with E-state index >= 15 is 0 Å². The Balaban J connectivity index is 2.00. The van der Waals surface area contributed by atoms with Gasteiger partial charge >= 0.3 is 0 Å². The molecule has 1 aliphatic heterocycles. The molecule has 1 heterocycles. The Hall–Kier alpha value is -1.59. The summed E-state index contributed by atoms with van der Waals surface area (Å²) in [7, 11) is 1.62. The molecule has 116 valence electrons. The molecule has 0 saturated carbocycles. The molecule has 1 amide bonds. The molecule has 2 rings (SSSR count). The molecule has 5 nitrogen and oxygen atoms in total. The molecule has 1 aromatic carbocycles. The summed E-state index contributed by atoms with van der Waals surface area (Å²) in [6, 6.07) is 5.75. The van der Waals surface area contributed by atoms with Crippen LogP contribution in [0.1, 0.15) is 24.0 Å². The fourth-order valence-corrected chi connectivity index (χ4v) is 2.58. The second kappa shape index (κ2) is 6.91. The number of hydrogen-bond acceptors (Lipinski definition) is 4. The van der Waals surface area contributed by atoms with E-state index in [0.717, 1.165) is 16.9 Å². The van der Waals surface area contributed by atoms with Crippen LogP contribution in [0.15, 0.2) is 18.2 Å². The first kappa shape index (κ1) is 15.8. The van der Waals surface area contributed by atoms with Gasteiger partial charge in [0.2, 0.25) is 5.91 Å². The van der Waals surface area contributed by atoms with Crippen LogP contribution in [0.5, 0.6) is 5.75 Å². The van der Waals surface area contributed by atoms with Crippen molar-refractivity contribution in [2.75, 3.05) is 26.9 Å². The second-order valence-electron chi connectivity index (χ2n) is 5.58. The molecular weight excluding hydrogens is 270 g/mol. The van der Waals surface area contributed by atoms with E-state index in [2.05, 4.69) is 5.32 Å². The highest BCUT2D eigenvalue weighted by Gasteiger charge is 2.33. The number of amides is 1. The fourth-order valence-electron chi connectivity index (χ4n) is 2.58. The van der Waals surface area contributed by atoms with E-state index in [1.165, 1.54) is 0 Å². The van der Waals surface area contributed by atoms with Crippen LogP contribution in [0, 0.1) is 6.92 Å². The van der Waals surface area contributed by atoms with Crippen molar-refractivity contribution in [1.82, 2.24) is 5.32 Å². The molecule has 1 fully saturated rings. The van der Waals surface area contributed by atoms with Crippen LogP contribution >= 0.6 is 0 Å². The van der Waals surface area contributed by atoms with Crippen molar-refractivity contribution in [3.05, 3.63) is 29.3 Å². The molecule has 2 N–H and O–H groups in total. The number of carbonyl (C=O) groups excluding carboxylic acids is 1. The Kier molecular flexibility index (Phi) is 5.20. The lowest BCUT2D eigenvalue weighted by Crippen LogP contribution is -2.55. The van der Waals surface area contributed by atoms with E-state index in [4.69, 9.17) is 9.47 Å². The van der Waals surface area contributed by atoms with Gasteiger partial charge in [-0.05, 0) is 37.0 Å². The SMILES string of the molecule is COc1cc(CC(=O)NC2(CO)CCOCC2)ccc1C. The maximum atomic E-state index is 12.2. The van der Waals surface area contributed by atoms with Crippen LogP contribution in [0.25, 0.3) is 0 Å². The Morgan fingerprint density at radius 1 is 1.43 bits per heavy atom. The summed E-state index contributed by atoms with van der Waals surface area (Å²) in [5.74, 6) is 0.695. The summed E-state index contributed by atoms with van der Waals surface area (Å²) < 4.78 is 10.6. The molecule has 0 unspecified atom stereocenters. The molecule has 1 saturated heterocycles. The standard InChI is InChI=1S/C16H23NO4/c1-12-3-4-13(9-14(12)20-2)10-15(19)17-16(11-18)5-7-21-8-6-16/h3-4,9,18H,5-8,10-11H2,1-2H3,(H,17,19). The van der Waals surface area contributed by atoms with Gasteiger partial charge in [-0.2, -0.15) is 0 Å². The third kappa shape index (κ3) is 3.95. The van der Waals surface area contributed by atoms with Crippen molar-refractivity contribution < 1.29 is 19.4 Å². The van der Waals surface area contributed by atoms with Crippen LogP contribution in [-0.2, 0) is 16.0 Å². The fraction of sp³-hybridized carbons (Fsp3) is 0.562. The average molecular weight is 293 g/mol. The monoisotopic (exact) mass is 293 g/mol. The van der Waals surface area contributed by atoms with E-state index in [-0.39, 0.29) is 18.9 Å². The highest BCUT2D eigenvalue weighted by molar-refractivity contribution is 5.79. The summed E-state index contributed by atoms with van der Waals surface area (Å²) in [6.07, 6.45) is 1.57. The number of rotatable bonds is 5. The molecule has 0 spiro atoms. The van der Waals surface area contributed by atoms with Crippen molar-refractivity contribution in [1.29, 1.82) is 0 Å². The van der Waals surface area contributed by atoms with E-state index < -0.39 is 5.54 Å². The van der Waals surface area contributed by atoms with Gasteiger partial charge in [0.15, 0.2) is 0 Å². The molecule has 21 heavy (non-hydrogen) atoms. The lowest BCUT2D eigenvalue weighted by Gasteiger charge is -2.36. The van der Waals surface area contributed by atoms with Crippen molar-refractivity contribution in [2.24, 2.45) is 0 Å². The first-order valence-corrected chi connectivity index (χ1v) is 7.22. The van der Waals surface area contributed by atoms with E-state index in [9.17, 15) is 9.90 Å². The third-order valence-electron chi connectivity index (χ3n) is 3.99. The quantitative estimate of drug-likeness (QED) is 0.856. The number of aryl methyl sites for hydroxylation is 1. The zero-order valence-corrected chi connectivity index (χ0v) is 12.6. The molecule has 1 aliphatic rings. The minimum Gasteiger partial charge on any atom is -0.496 e. The maximum Gasteiger partial charge on any atom is 0.224 e. The first-order valence-electron chi connectivity index (χ1n) is 7.22. The van der Waals surface area contributed by atoms with Gasteiger partial charge in [0.1, 0.15) is 5.75 Å². The van der Waals surface area contributed by atoms with Crippen LogP contribution < -0.4 is 10.1 Å². The topological polar surface area (TPSA) is 67.8 Å². The number of benzene rings is 1. The average Bonchev–Trinajstić information content (AvgIpc) is 2.50. The highest BCUT2D eigenvalue weighted by Crippen LogP contribution is 2.22. The van der Waals surface area contributed by atoms with Crippen LogP contribution in [0.2, 0.25) is 0 Å². The zero-order valence-electron chi connectivity index (χ0n) is 12.6. The Bertz CT molecular complexity index is 495. The summed E-state index contributed by atoms with van der Waals surface area (Å²) in [5, 5.41) is 12.6. The Morgan fingerprint density at radius 2 is 2.14 bits per heavy atom. The number of methoxy groups -OCH3 is 1. The summed E-state index contributed by atoms with van der Waals surface area (Å²) in [5.41, 5.74) is 1.40. The molecule has 5 heteroatoms. The Morgan fingerprint density at radius 3 is 2.76 bits per heavy atom. The van der Waals surface area contributed by atoms with Crippen molar-refractivity contribution in [3.63, 3.8) is 0 Å². The molecule has 0 aliphatic carbocycles. The number of carbonyl (C=O) groups is 1. The summed E-state index contributed by atoms with van der Waals surface area (Å²) in [6.45, 7) is 3.04. The normalized spacial score (nSPS) is 17.3. The van der Waals surface area contributed by atoms with Crippen molar-refractivity contribution in [3.8, 4) is 5.75 Å². The Labute approximate surface area is 125 Å². The molecule has 0 atom stereocenters. The molecule has 0 bridgehead atoms. The second-order valence-corrected chi connectivity index (χ2v) is 5.58. The van der Waals surface area contributed by atoms with E-state index in [1.54, 1.807) is 7.11 Å². The minimum atomic E-state index is -0.538. The number of aliphatic hydroxyl groups is 1. The highest BCUT2D eigenvalue weighted by atomic mass is 16.5. The number of ether oxygens (including phenoxy) is 2. The van der Waals surface area contributed by atoms with Gasteiger partial charge in [-0.25, -0.2) is 0 Å². The smallest absolute Gasteiger partial charge is 0.224 e. The van der Waals surface area contributed by atoms with Gasteiger partial charge in [-0.15, -0.1) is 0 Å². The minimum absolute atomic E-state index is 0.0562. The van der Waals surface area contributed by atoms with Crippen LogP contribution in [0.4, 0.5) is 0 Å². The van der Waals surface area contributed by atoms with Gasteiger partial charge in [0.05, 0.1) is 25.7 Å². The number of nitrogens with one attached hydrogen (secondary N) is 1. The molecule has 0 aromatic heterocycles. The lowest BCUT2D eigenvalue weighted by atomic mass is 9.90. The summed E-state index contributed by atoms with van der Waals surface area (Å²) in [4.78, 5) is 12.2. The third-order valence-corrected chi connectivity index (χ3v) is 3.99. The predicted octanol–water partition coefficient (Wildman–Crippen LogP) is 1.20. The molecule has 1 aromatic rings. The van der Waals surface area contributed by atoms with Gasteiger partial charge in [-0.1, -0.05) is 12.1 Å². The van der Waals surface area contributed by atoms with E-state index in [1.807, 2.05) is 25.1 Å². The van der Waals surface area contributed by atoms with Gasteiger partial charge in [0, 0.05) is 13.2 Å². The predicted molar refractivity (Wildman–Crippen MR) is 79.4 cm³/mol. The number of aliphatic hydroxyl groups excluding tert-OH is 1. The van der Waals surface area contributed by atoms with Gasteiger partial charge in [0.25, 0.3) is 0 Å². The maximum absolute atomic E-state index is 12.2.